The Labute approximate surface area is 120 Å². The first-order valence-electron chi connectivity index (χ1n) is 7.05. The number of methoxy groups -OCH3 is 1. The molecule has 1 N–H and O–H groups in total. The second-order valence-corrected chi connectivity index (χ2v) is 4.36. The van der Waals surface area contributed by atoms with Crippen molar-refractivity contribution in [1.82, 2.24) is 9.97 Å². The third kappa shape index (κ3) is 6.68. The number of nitrogens with zero attached hydrogens (tertiary/aromatic N) is 2. The molecule has 0 saturated heterocycles. The maximum absolute atomic E-state index is 5.65. The fourth-order valence-corrected chi connectivity index (χ4v) is 1.53. The van der Waals surface area contributed by atoms with E-state index in [1.165, 1.54) is 0 Å². The lowest BCUT2D eigenvalue weighted by Crippen LogP contribution is -2.12. The molecule has 0 amide bonds. The Morgan fingerprint density at radius 3 is 2.75 bits per heavy atom. The zero-order chi connectivity index (χ0) is 14.6. The molecule has 0 bridgehead atoms. The van der Waals surface area contributed by atoms with Gasteiger partial charge in [-0.2, -0.15) is 0 Å². The van der Waals surface area contributed by atoms with E-state index in [-0.39, 0.29) is 0 Å². The van der Waals surface area contributed by atoms with Crippen molar-refractivity contribution in [2.75, 3.05) is 45.4 Å². The number of hydrogen-bond donors (Lipinski definition) is 1. The summed E-state index contributed by atoms with van der Waals surface area (Å²) in [6.45, 7) is 7.06. The van der Waals surface area contributed by atoms with Crippen LogP contribution in [0.5, 0.6) is 5.75 Å². The predicted molar refractivity (Wildman–Crippen MR) is 78.4 cm³/mol. The molecule has 0 aliphatic rings. The summed E-state index contributed by atoms with van der Waals surface area (Å²) < 4.78 is 15.9. The van der Waals surface area contributed by atoms with E-state index in [4.69, 9.17) is 14.2 Å². The number of ether oxygens (including phenoxy) is 3. The third-order valence-corrected chi connectivity index (χ3v) is 2.62. The van der Waals surface area contributed by atoms with Crippen molar-refractivity contribution >= 4 is 5.82 Å². The van der Waals surface area contributed by atoms with Gasteiger partial charge in [-0.05, 0) is 13.3 Å². The van der Waals surface area contributed by atoms with Crippen molar-refractivity contribution in [3.8, 4) is 5.75 Å². The summed E-state index contributed by atoms with van der Waals surface area (Å²) in [5.74, 6) is 2.15. The molecule has 0 saturated carbocycles. The minimum atomic E-state index is 0.471. The molecule has 114 valence electrons. The fraction of sp³-hybridized carbons (Fsp3) is 0.714. The molecule has 1 rings (SSSR count). The topological polar surface area (TPSA) is 65.5 Å². The van der Waals surface area contributed by atoms with Crippen LogP contribution in [0.2, 0.25) is 0 Å². The first-order chi connectivity index (χ1) is 9.77. The highest BCUT2D eigenvalue weighted by Crippen LogP contribution is 2.20. The molecule has 1 aromatic heterocycles. The SMILES string of the molecule is CCCCNc1nc(C)ncc1OCCOCCOC. The van der Waals surface area contributed by atoms with Crippen molar-refractivity contribution in [1.29, 1.82) is 0 Å². The van der Waals surface area contributed by atoms with Crippen LogP contribution in [0, 0.1) is 6.92 Å². The van der Waals surface area contributed by atoms with E-state index in [0.717, 1.165) is 31.0 Å². The Morgan fingerprint density at radius 2 is 2.00 bits per heavy atom. The van der Waals surface area contributed by atoms with Crippen LogP contribution < -0.4 is 10.1 Å². The molecule has 20 heavy (non-hydrogen) atoms. The maximum atomic E-state index is 5.65. The van der Waals surface area contributed by atoms with E-state index in [1.807, 2.05) is 6.92 Å². The zero-order valence-electron chi connectivity index (χ0n) is 12.6. The highest BCUT2D eigenvalue weighted by Gasteiger charge is 2.06. The summed E-state index contributed by atoms with van der Waals surface area (Å²) in [6, 6.07) is 0. The lowest BCUT2D eigenvalue weighted by atomic mass is 10.3. The van der Waals surface area contributed by atoms with Gasteiger partial charge in [0, 0.05) is 13.7 Å². The maximum Gasteiger partial charge on any atom is 0.179 e. The number of aromatic nitrogens is 2. The van der Waals surface area contributed by atoms with Gasteiger partial charge in [0.25, 0.3) is 0 Å². The molecule has 0 aliphatic heterocycles. The average molecular weight is 283 g/mol. The van der Waals surface area contributed by atoms with Crippen LogP contribution in [-0.4, -0.2) is 50.1 Å². The van der Waals surface area contributed by atoms with Crippen LogP contribution in [0.4, 0.5) is 5.82 Å². The van der Waals surface area contributed by atoms with Gasteiger partial charge in [0.05, 0.1) is 26.0 Å². The van der Waals surface area contributed by atoms with E-state index in [9.17, 15) is 0 Å². The number of hydrogen-bond acceptors (Lipinski definition) is 6. The Balaban J connectivity index is 2.38. The summed E-state index contributed by atoms with van der Waals surface area (Å²) in [7, 11) is 1.65. The smallest absolute Gasteiger partial charge is 0.179 e. The molecule has 6 nitrogen and oxygen atoms in total. The van der Waals surface area contributed by atoms with Crippen molar-refractivity contribution in [2.45, 2.75) is 26.7 Å². The van der Waals surface area contributed by atoms with Gasteiger partial charge in [-0.3, -0.25) is 0 Å². The highest BCUT2D eigenvalue weighted by atomic mass is 16.5. The Kier molecular flexibility index (Phi) is 8.66. The molecule has 0 aromatic carbocycles. The van der Waals surface area contributed by atoms with Gasteiger partial charge in [-0.1, -0.05) is 13.3 Å². The molecule has 1 heterocycles. The van der Waals surface area contributed by atoms with E-state index in [0.29, 0.717) is 32.2 Å². The van der Waals surface area contributed by atoms with Gasteiger partial charge < -0.3 is 19.5 Å². The van der Waals surface area contributed by atoms with Crippen LogP contribution in [0.15, 0.2) is 6.20 Å². The zero-order valence-corrected chi connectivity index (χ0v) is 12.6. The predicted octanol–water partition coefficient (Wildman–Crippen LogP) is 2.04. The first-order valence-corrected chi connectivity index (χ1v) is 7.05. The molecule has 0 aliphatic carbocycles. The van der Waals surface area contributed by atoms with Gasteiger partial charge in [0.1, 0.15) is 12.4 Å². The van der Waals surface area contributed by atoms with Gasteiger partial charge in [0.2, 0.25) is 0 Å². The third-order valence-electron chi connectivity index (χ3n) is 2.62. The monoisotopic (exact) mass is 283 g/mol. The van der Waals surface area contributed by atoms with Crippen LogP contribution in [0.25, 0.3) is 0 Å². The lowest BCUT2D eigenvalue weighted by molar-refractivity contribution is 0.0544. The highest BCUT2D eigenvalue weighted by molar-refractivity contribution is 5.48. The van der Waals surface area contributed by atoms with Crippen LogP contribution in [0.1, 0.15) is 25.6 Å². The molecule has 0 unspecified atom stereocenters. The Hall–Kier alpha value is -1.40. The largest absolute Gasteiger partial charge is 0.486 e. The molecule has 0 atom stereocenters. The molecular formula is C14H25N3O3. The average Bonchev–Trinajstić information content (AvgIpc) is 2.45. The van der Waals surface area contributed by atoms with E-state index in [1.54, 1.807) is 13.3 Å². The number of nitrogens with one attached hydrogen (secondary N) is 1. The molecule has 0 radical (unpaired) electrons. The molecule has 1 aromatic rings. The van der Waals surface area contributed by atoms with Crippen molar-refractivity contribution < 1.29 is 14.2 Å². The number of anilines is 1. The number of unbranched alkanes of at least 4 members (excludes halogenated alkanes) is 1. The summed E-state index contributed by atoms with van der Waals surface area (Å²) in [6.07, 6.45) is 3.94. The first kappa shape index (κ1) is 16.7. The van der Waals surface area contributed by atoms with Gasteiger partial charge in [-0.25, -0.2) is 9.97 Å². The van der Waals surface area contributed by atoms with Crippen molar-refractivity contribution in [3.05, 3.63) is 12.0 Å². The van der Waals surface area contributed by atoms with E-state index < -0.39 is 0 Å². The summed E-state index contributed by atoms with van der Waals surface area (Å²) in [4.78, 5) is 8.52. The number of rotatable bonds is 11. The second kappa shape index (κ2) is 10.4. The normalized spacial score (nSPS) is 10.6. The minimum absolute atomic E-state index is 0.471. The van der Waals surface area contributed by atoms with Gasteiger partial charge in [0.15, 0.2) is 11.6 Å². The van der Waals surface area contributed by atoms with E-state index in [2.05, 4.69) is 22.2 Å². The van der Waals surface area contributed by atoms with Crippen LogP contribution in [0.3, 0.4) is 0 Å². The van der Waals surface area contributed by atoms with Crippen LogP contribution in [-0.2, 0) is 9.47 Å². The minimum Gasteiger partial charge on any atom is -0.486 e. The standard InChI is InChI=1S/C14H25N3O3/c1-4-5-6-15-14-13(11-16-12(2)17-14)20-10-9-19-8-7-18-3/h11H,4-10H2,1-3H3,(H,15,16,17). The summed E-state index contributed by atoms with van der Waals surface area (Å²) in [5, 5.41) is 3.28. The number of aryl methyl sites for hydroxylation is 1. The Bertz CT molecular complexity index is 375. The van der Waals surface area contributed by atoms with Crippen LogP contribution >= 0.6 is 0 Å². The molecule has 6 heteroatoms. The van der Waals surface area contributed by atoms with Gasteiger partial charge >= 0.3 is 0 Å². The molecule has 0 spiro atoms. The van der Waals surface area contributed by atoms with E-state index >= 15 is 0 Å². The van der Waals surface area contributed by atoms with Crippen molar-refractivity contribution in [3.63, 3.8) is 0 Å². The fourth-order valence-electron chi connectivity index (χ4n) is 1.53. The second-order valence-electron chi connectivity index (χ2n) is 4.36. The summed E-state index contributed by atoms with van der Waals surface area (Å²) >= 11 is 0. The molecular weight excluding hydrogens is 258 g/mol. The lowest BCUT2D eigenvalue weighted by Gasteiger charge is -2.12. The summed E-state index contributed by atoms with van der Waals surface area (Å²) in [5.41, 5.74) is 0. The molecule has 0 fully saturated rings. The Morgan fingerprint density at radius 1 is 1.20 bits per heavy atom. The van der Waals surface area contributed by atoms with Gasteiger partial charge in [-0.15, -0.1) is 0 Å². The quantitative estimate of drug-likeness (QED) is 0.627. The van der Waals surface area contributed by atoms with Crippen molar-refractivity contribution in [2.24, 2.45) is 0 Å².